The van der Waals surface area contributed by atoms with Gasteiger partial charge in [-0.1, -0.05) is 7.43 Å². The Morgan fingerprint density at radius 2 is 1.25 bits per heavy atom. The molecule has 0 nitrogen and oxygen atoms in total. The zero-order chi connectivity index (χ0) is 0. The zero-order valence-corrected chi connectivity index (χ0v) is 10.7. The van der Waals surface area contributed by atoms with E-state index in [2.05, 4.69) is 0 Å². The van der Waals surface area contributed by atoms with E-state index in [0.717, 1.165) is 0 Å². The van der Waals surface area contributed by atoms with Gasteiger partial charge in [0.05, 0.1) is 0 Å². The summed E-state index contributed by atoms with van der Waals surface area (Å²) in [5, 5.41) is 0. The van der Waals surface area contributed by atoms with Crippen LogP contribution in [0.15, 0.2) is 0 Å². The normalized spacial score (nSPS) is 0. The Kier molecular flexibility index (Phi) is 95.3. The van der Waals surface area contributed by atoms with Crippen LogP contribution in [0.4, 0.5) is 0 Å². The third-order valence-corrected chi connectivity index (χ3v) is 0. The molecule has 0 aliphatic heterocycles. The molecule has 0 saturated carbocycles. The fourth-order valence-corrected chi connectivity index (χ4v) is 0. The Morgan fingerprint density at radius 3 is 1.25 bits per heavy atom. The van der Waals surface area contributed by atoms with E-state index in [-0.39, 0.29) is 138 Å². The maximum atomic E-state index is 0. The van der Waals surface area contributed by atoms with Crippen LogP contribution >= 0.6 is 0 Å². The van der Waals surface area contributed by atoms with Crippen LogP contribution < -0.4 is 0 Å². The van der Waals surface area contributed by atoms with Crippen molar-refractivity contribution in [3.05, 3.63) is 0 Å². The molecule has 0 aliphatic carbocycles. The molecule has 0 heterocycles. The molecule has 3 heteroatoms. The van der Waals surface area contributed by atoms with Gasteiger partial charge in [0.2, 0.25) is 0 Å². The molecule has 0 fully saturated rings. The molecule has 0 aromatic carbocycles. The SMILES string of the molecule is C.[Ca+2].[Ce].[H-].[H-].[H-].[H-].[Sr+2]. The van der Waals surface area contributed by atoms with Gasteiger partial charge in [-0.3, -0.25) is 0 Å². The molecule has 0 aliphatic rings. The minimum absolute atomic E-state index is 0. The van der Waals surface area contributed by atoms with Crippen molar-refractivity contribution in [3.8, 4) is 0 Å². The Morgan fingerprint density at radius 1 is 1.25 bits per heavy atom. The van der Waals surface area contributed by atoms with Crippen LogP contribution in [0.2, 0.25) is 0 Å². The predicted octanol–water partition coefficient (Wildman–Crippen LogP) is 0.324. The Hall–Kier alpha value is 4.12. The molecular formula is CH8CaCeSr. The maximum absolute atomic E-state index is 0. The second kappa shape index (κ2) is 15.7. The number of hydrogen-bond acceptors (Lipinski definition) is 0. The smallest absolute Gasteiger partial charge is 1.00 e. The molecule has 0 atom stereocenters. The standard InChI is InChI=1S/CH4.Ca.Ce.Sr.4H/h1H4;;;;;;;/q;+2;;+2;4*-1. The van der Waals surface area contributed by atoms with Gasteiger partial charge < -0.3 is 5.71 Å². The van der Waals surface area contributed by atoms with Gasteiger partial charge >= 0.3 is 83.2 Å². The van der Waals surface area contributed by atoms with Crippen LogP contribution in [0.5, 0.6) is 0 Å². The molecule has 0 bridgehead atoms. The molecule has 0 radical (unpaired) electrons. The molecule has 0 saturated heterocycles. The number of rotatable bonds is 0. The first-order valence-electron chi connectivity index (χ1n) is 0. The largest absolute Gasteiger partial charge is 2.00 e. The Bertz CT molecular complexity index is 16.0. The van der Waals surface area contributed by atoms with Crippen molar-refractivity contribution in [2.75, 3.05) is 0 Å². The Balaban J connectivity index is 0. The van der Waals surface area contributed by atoms with Crippen LogP contribution in [0, 0.1) is 41.7 Å². The summed E-state index contributed by atoms with van der Waals surface area (Å²) in [7, 11) is 0. The van der Waals surface area contributed by atoms with Crippen molar-refractivity contribution in [1.29, 1.82) is 0 Å². The van der Waals surface area contributed by atoms with Crippen LogP contribution in [0.25, 0.3) is 0 Å². The van der Waals surface area contributed by atoms with Gasteiger partial charge in [0.15, 0.2) is 0 Å². The third-order valence-electron chi connectivity index (χ3n) is 0. The minimum Gasteiger partial charge on any atom is -1.00 e. The van der Waals surface area contributed by atoms with Crippen LogP contribution in [0.3, 0.4) is 0 Å². The van der Waals surface area contributed by atoms with Crippen molar-refractivity contribution >= 4 is 83.2 Å². The molecule has 0 unspecified atom stereocenters. The van der Waals surface area contributed by atoms with Gasteiger partial charge in [-0.05, 0) is 0 Å². The molecule has 0 aromatic rings. The quantitative estimate of drug-likeness (QED) is 0.563. The summed E-state index contributed by atoms with van der Waals surface area (Å²) in [6, 6.07) is 0. The predicted molar refractivity (Wildman–Crippen MR) is 22.7 cm³/mol. The molecule has 0 N–H and O–H groups in total. The van der Waals surface area contributed by atoms with Gasteiger partial charge in [0, 0.05) is 41.7 Å². The zero-order valence-electron chi connectivity index (χ0n) is 5.91. The second-order valence-electron chi connectivity index (χ2n) is 0. The molecule has 0 amide bonds. The topological polar surface area (TPSA) is 0 Å². The van der Waals surface area contributed by atoms with Gasteiger partial charge in [0.1, 0.15) is 0 Å². The maximum Gasteiger partial charge on any atom is 2.00 e. The van der Waals surface area contributed by atoms with Gasteiger partial charge in [-0.2, -0.15) is 0 Å². The summed E-state index contributed by atoms with van der Waals surface area (Å²) in [6.45, 7) is 0. The summed E-state index contributed by atoms with van der Waals surface area (Å²) in [6.07, 6.45) is 0. The monoisotopic (exact) mass is 288 g/mol. The van der Waals surface area contributed by atoms with Gasteiger partial charge in [-0.25, -0.2) is 0 Å². The van der Waals surface area contributed by atoms with Crippen LogP contribution in [0.1, 0.15) is 13.1 Å². The molecule has 4 heavy (non-hydrogen) atoms. The van der Waals surface area contributed by atoms with Crippen molar-refractivity contribution in [1.82, 2.24) is 0 Å². The fraction of sp³-hybridized carbons (Fsp3) is 1.00. The Labute approximate surface area is 134 Å². The summed E-state index contributed by atoms with van der Waals surface area (Å²) >= 11 is 0. The molecule has 20 valence electrons. The average Bonchev–Trinajstić information content (AvgIpc) is 0. The van der Waals surface area contributed by atoms with E-state index < -0.39 is 0 Å². The van der Waals surface area contributed by atoms with Crippen molar-refractivity contribution < 1.29 is 47.5 Å². The first-order valence-corrected chi connectivity index (χ1v) is 0. The van der Waals surface area contributed by atoms with Gasteiger partial charge in [-0.15, -0.1) is 0 Å². The summed E-state index contributed by atoms with van der Waals surface area (Å²) in [4.78, 5) is 0. The second-order valence-corrected chi connectivity index (χ2v) is 0. The molecule has 0 rings (SSSR count). The summed E-state index contributed by atoms with van der Waals surface area (Å²) < 4.78 is 0. The van der Waals surface area contributed by atoms with E-state index >= 15 is 0 Å². The van der Waals surface area contributed by atoms with Crippen molar-refractivity contribution in [3.63, 3.8) is 0 Å². The average molecular weight is 288 g/mol. The van der Waals surface area contributed by atoms with E-state index in [4.69, 9.17) is 0 Å². The molecule has 0 spiro atoms. The first-order chi connectivity index (χ1) is 0. The van der Waals surface area contributed by atoms with Crippen LogP contribution in [-0.2, 0) is 0 Å². The van der Waals surface area contributed by atoms with Crippen molar-refractivity contribution in [2.45, 2.75) is 7.43 Å². The first kappa shape index (κ1) is 24.3. The fourth-order valence-electron chi connectivity index (χ4n) is 0. The van der Waals surface area contributed by atoms with E-state index in [1.165, 1.54) is 0 Å². The summed E-state index contributed by atoms with van der Waals surface area (Å²) in [5.41, 5.74) is 0. The van der Waals surface area contributed by atoms with Crippen molar-refractivity contribution in [2.24, 2.45) is 0 Å². The third kappa shape index (κ3) is 9.45. The van der Waals surface area contributed by atoms with E-state index in [9.17, 15) is 0 Å². The molecular weight excluding hydrogens is 280 g/mol. The number of hydrogen-bond donors (Lipinski definition) is 0. The summed E-state index contributed by atoms with van der Waals surface area (Å²) in [5.74, 6) is 0. The van der Waals surface area contributed by atoms with Gasteiger partial charge in [0.25, 0.3) is 0 Å². The minimum atomic E-state index is 0. The van der Waals surface area contributed by atoms with E-state index in [1.54, 1.807) is 0 Å². The van der Waals surface area contributed by atoms with E-state index in [1.807, 2.05) is 0 Å². The van der Waals surface area contributed by atoms with Crippen LogP contribution in [-0.4, -0.2) is 83.2 Å². The molecule has 0 aromatic heterocycles. The van der Waals surface area contributed by atoms with E-state index in [0.29, 0.717) is 0 Å².